The minimum Gasteiger partial charge on any atom is -0.493 e. The van der Waals surface area contributed by atoms with Crippen molar-refractivity contribution in [3.63, 3.8) is 0 Å². The maximum Gasteiger partial charge on any atom is 0.281 e. The van der Waals surface area contributed by atoms with E-state index in [1.54, 1.807) is 25.5 Å². The normalized spacial score (nSPS) is 10.7. The Balaban J connectivity index is 1.69. The summed E-state index contributed by atoms with van der Waals surface area (Å²) in [6.07, 6.45) is 1.56. The maximum atomic E-state index is 11.9. The number of carbonyl (C=O) groups excluding carboxylic acids is 1. The van der Waals surface area contributed by atoms with Gasteiger partial charge in [0.1, 0.15) is 6.61 Å². The molecule has 7 heteroatoms. The van der Waals surface area contributed by atoms with Gasteiger partial charge >= 0.3 is 0 Å². The number of nitrogens with one attached hydrogen (secondary N) is 1. The third-order valence-electron chi connectivity index (χ3n) is 3.60. The Morgan fingerprint density at radius 2 is 2.04 bits per heavy atom. The SMILES string of the molecule is COc1cc(C=NNC(=O)c2cccs2)cc(Br)c1OCc1ccccc1. The molecule has 1 heterocycles. The van der Waals surface area contributed by atoms with Crippen LogP contribution >= 0.6 is 27.3 Å². The van der Waals surface area contributed by atoms with Crippen LogP contribution in [0.5, 0.6) is 11.5 Å². The summed E-state index contributed by atoms with van der Waals surface area (Å²) in [5.41, 5.74) is 4.33. The molecule has 0 radical (unpaired) electrons. The maximum absolute atomic E-state index is 11.9. The highest BCUT2D eigenvalue weighted by atomic mass is 79.9. The first kappa shape index (κ1) is 19.1. The Morgan fingerprint density at radius 1 is 1.22 bits per heavy atom. The number of carbonyl (C=O) groups is 1. The van der Waals surface area contributed by atoms with Crippen LogP contribution in [0.15, 0.2) is 69.6 Å². The van der Waals surface area contributed by atoms with Gasteiger partial charge in [-0.1, -0.05) is 36.4 Å². The van der Waals surface area contributed by atoms with Crippen LogP contribution in [0.1, 0.15) is 20.8 Å². The van der Waals surface area contributed by atoms with Crippen molar-refractivity contribution in [2.24, 2.45) is 5.10 Å². The van der Waals surface area contributed by atoms with Crippen LogP contribution in [0, 0.1) is 0 Å². The molecular formula is C20H17BrN2O3S. The van der Waals surface area contributed by atoms with Gasteiger partial charge in [-0.05, 0) is 50.6 Å². The first-order valence-electron chi connectivity index (χ1n) is 8.08. The topological polar surface area (TPSA) is 59.9 Å². The van der Waals surface area contributed by atoms with Crippen LogP contribution in [0.25, 0.3) is 0 Å². The number of hydrogen-bond donors (Lipinski definition) is 1. The molecule has 0 aliphatic rings. The monoisotopic (exact) mass is 444 g/mol. The van der Waals surface area contributed by atoms with Crippen molar-refractivity contribution < 1.29 is 14.3 Å². The van der Waals surface area contributed by atoms with Gasteiger partial charge in [-0.3, -0.25) is 4.79 Å². The van der Waals surface area contributed by atoms with E-state index in [2.05, 4.69) is 26.5 Å². The zero-order valence-corrected chi connectivity index (χ0v) is 16.9. The van der Waals surface area contributed by atoms with Crippen molar-refractivity contribution in [1.29, 1.82) is 0 Å². The summed E-state index contributed by atoms with van der Waals surface area (Å²) >= 11 is 4.87. The molecule has 0 atom stereocenters. The number of thiophene rings is 1. The fraction of sp³-hybridized carbons (Fsp3) is 0.100. The van der Waals surface area contributed by atoms with Gasteiger partial charge < -0.3 is 9.47 Å². The van der Waals surface area contributed by atoms with E-state index in [1.165, 1.54) is 11.3 Å². The molecule has 3 aromatic rings. The second kappa shape index (κ2) is 9.34. The predicted octanol–water partition coefficient (Wildman–Crippen LogP) is 4.86. The Morgan fingerprint density at radius 3 is 2.74 bits per heavy atom. The number of amides is 1. The molecule has 5 nitrogen and oxygen atoms in total. The number of hydrazone groups is 1. The fourth-order valence-corrected chi connectivity index (χ4v) is 3.50. The third-order valence-corrected chi connectivity index (χ3v) is 5.06. The number of nitrogens with zero attached hydrogens (tertiary/aromatic N) is 1. The van der Waals surface area contributed by atoms with E-state index in [-0.39, 0.29) is 5.91 Å². The number of benzene rings is 2. The minimum atomic E-state index is -0.241. The Bertz CT molecular complexity index is 928. The molecule has 27 heavy (non-hydrogen) atoms. The van der Waals surface area contributed by atoms with Crippen LogP contribution in [0.4, 0.5) is 0 Å². The van der Waals surface area contributed by atoms with Crippen LogP contribution in [-0.2, 0) is 6.61 Å². The average molecular weight is 445 g/mol. The van der Waals surface area contributed by atoms with Gasteiger partial charge in [-0.25, -0.2) is 5.43 Å². The average Bonchev–Trinajstić information content (AvgIpc) is 3.22. The van der Waals surface area contributed by atoms with Crippen molar-refractivity contribution in [2.75, 3.05) is 7.11 Å². The van der Waals surface area contributed by atoms with Crippen molar-refractivity contribution >= 4 is 39.4 Å². The van der Waals surface area contributed by atoms with Crippen molar-refractivity contribution in [3.8, 4) is 11.5 Å². The number of methoxy groups -OCH3 is 1. The highest BCUT2D eigenvalue weighted by Gasteiger charge is 2.12. The second-order valence-electron chi connectivity index (χ2n) is 5.48. The molecule has 138 valence electrons. The highest BCUT2D eigenvalue weighted by Crippen LogP contribution is 2.36. The number of hydrogen-bond acceptors (Lipinski definition) is 5. The first-order valence-corrected chi connectivity index (χ1v) is 9.76. The Labute approximate surface area is 169 Å². The minimum absolute atomic E-state index is 0.241. The van der Waals surface area contributed by atoms with Gasteiger partial charge in [0.2, 0.25) is 0 Å². The molecule has 0 unspecified atom stereocenters. The molecular weight excluding hydrogens is 428 g/mol. The van der Waals surface area contributed by atoms with Crippen LogP contribution in [0.3, 0.4) is 0 Å². The lowest BCUT2D eigenvalue weighted by atomic mass is 10.2. The molecule has 1 amide bonds. The van der Waals surface area contributed by atoms with Crippen LogP contribution < -0.4 is 14.9 Å². The summed E-state index contributed by atoms with van der Waals surface area (Å²) in [6, 6.07) is 17.1. The van der Waals surface area contributed by atoms with Crippen molar-refractivity contribution in [1.82, 2.24) is 5.43 Å². The van der Waals surface area contributed by atoms with E-state index >= 15 is 0 Å². The van der Waals surface area contributed by atoms with Crippen molar-refractivity contribution in [3.05, 3.63) is 80.5 Å². The van der Waals surface area contributed by atoms with E-state index in [9.17, 15) is 4.79 Å². The van der Waals surface area contributed by atoms with Gasteiger partial charge in [0.05, 0.1) is 22.7 Å². The Hall–Kier alpha value is -2.64. The summed E-state index contributed by atoms with van der Waals surface area (Å²) in [4.78, 5) is 12.5. The molecule has 0 fully saturated rings. The molecule has 0 aliphatic carbocycles. The van der Waals surface area contributed by atoms with Crippen molar-refractivity contribution in [2.45, 2.75) is 6.61 Å². The zero-order valence-electron chi connectivity index (χ0n) is 14.5. The number of ether oxygens (including phenoxy) is 2. The third kappa shape index (κ3) is 5.18. The lowest BCUT2D eigenvalue weighted by molar-refractivity contribution is 0.0959. The summed E-state index contributed by atoms with van der Waals surface area (Å²) < 4.78 is 12.1. The standard InChI is InChI=1S/C20H17BrN2O3S/c1-25-17-11-15(12-22-23-20(24)18-8-5-9-27-18)10-16(21)19(17)26-13-14-6-3-2-4-7-14/h2-12H,13H2,1H3,(H,23,24). The van der Waals surface area contributed by atoms with E-state index in [0.717, 1.165) is 15.6 Å². The second-order valence-corrected chi connectivity index (χ2v) is 7.29. The largest absolute Gasteiger partial charge is 0.493 e. The summed E-state index contributed by atoms with van der Waals surface area (Å²) in [7, 11) is 1.58. The Kier molecular flexibility index (Phi) is 6.62. The van der Waals surface area contributed by atoms with Crippen LogP contribution in [0.2, 0.25) is 0 Å². The number of halogens is 1. The van der Waals surface area contributed by atoms with E-state index < -0.39 is 0 Å². The van der Waals surface area contributed by atoms with E-state index in [4.69, 9.17) is 9.47 Å². The first-order chi connectivity index (χ1) is 13.2. The van der Waals surface area contributed by atoms with Gasteiger partial charge in [-0.15, -0.1) is 11.3 Å². The molecule has 0 aliphatic heterocycles. The molecule has 1 aromatic heterocycles. The molecule has 3 rings (SSSR count). The molecule has 0 spiro atoms. The smallest absolute Gasteiger partial charge is 0.281 e. The summed E-state index contributed by atoms with van der Waals surface area (Å²) in [6.45, 7) is 0.431. The fourth-order valence-electron chi connectivity index (χ4n) is 2.31. The zero-order chi connectivity index (χ0) is 19.1. The van der Waals surface area contributed by atoms with Gasteiger partial charge in [-0.2, -0.15) is 5.10 Å². The predicted molar refractivity (Wildman–Crippen MR) is 111 cm³/mol. The number of rotatable bonds is 7. The van der Waals surface area contributed by atoms with E-state index in [1.807, 2.05) is 47.8 Å². The van der Waals surface area contributed by atoms with Gasteiger partial charge in [0.15, 0.2) is 11.5 Å². The molecule has 0 saturated heterocycles. The van der Waals surface area contributed by atoms with Gasteiger partial charge in [0, 0.05) is 0 Å². The summed E-state index contributed by atoms with van der Waals surface area (Å²) in [5.74, 6) is 0.947. The lowest BCUT2D eigenvalue weighted by Gasteiger charge is -2.13. The summed E-state index contributed by atoms with van der Waals surface area (Å²) in [5, 5.41) is 5.84. The lowest BCUT2D eigenvalue weighted by Crippen LogP contribution is -2.16. The van der Waals surface area contributed by atoms with Crippen LogP contribution in [-0.4, -0.2) is 19.2 Å². The van der Waals surface area contributed by atoms with E-state index in [0.29, 0.717) is 23.0 Å². The highest BCUT2D eigenvalue weighted by molar-refractivity contribution is 9.10. The molecule has 0 saturated carbocycles. The molecule has 0 bridgehead atoms. The molecule has 2 aromatic carbocycles. The quantitative estimate of drug-likeness (QED) is 0.417. The molecule has 1 N–H and O–H groups in total. The van der Waals surface area contributed by atoms with Gasteiger partial charge in [0.25, 0.3) is 5.91 Å².